The Morgan fingerprint density at radius 1 is 1.60 bits per heavy atom. The van der Waals surface area contributed by atoms with Gasteiger partial charge in [0.05, 0.1) is 10.7 Å². The highest BCUT2D eigenvalue weighted by molar-refractivity contribution is 9.10. The first-order valence-electron chi connectivity index (χ1n) is 5.01. The minimum absolute atomic E-state index is 0.0110. The number of halogens is 1. The van der Waals surface area contributed by atoms with E-state index in [-0.39, 0.29) is 5.91 Å². The third-order valence-corrected chi connectivity index (χ3v) is 3.81. The Bertz CT molecular complexity index is 392. The molecule has 5 heteroatoms. The third-order valence-electron chi connectivity index (χ3n) is 3.18. The SMILES string of the molecule is O=C(c1occc1Br)N1CC2CNC2C1. The van der Waals surface area contributed by atoms with E-state index in [4.69, 9.17) is 4.42 Å². The number of hydrogen-bond donors (Lipinski definition) is 1. The van der Waals surface area contributed by atoms with Crippen LogP contribution in [0.2, 0.25) is 0 Å². The maximum Gasteiger partial charge on any atom is 0.290 e. The van der Waals surface area contributed by atoms with Crippen molar-refractivity contribution in [2.24, 2.45) is 5.92 Å². The number of carbonyl (C=O) groups excluding carboxylic acids is 1. The average molecular weight is 271 g/mol. The van der Waals surface area contributed by atoms with E-state index in [2.05, 4.69) is 21.2 Å². The predicted octanol–water partition coefficient (Wildman–Crippen LogP) is 1.09. The van der Waals surface area contributed by atoms with Crippen molar-refractivity contribution in [3.8, 4) is 0 Å². The zero-order valence-corrected chi connectivity index (χ0v) is 9.66. The molecule has 2 atom stereocenters. The summed E-state index contributed by atoms with van der Waals surface area (Å²) in [5.74, 6) is 1.04. The highest BCUT2D eigenvalue weighted by atomic mass is 79.9. The Morgan fingerprint density at radius 3 is 2.93 bits per heavy atom. The summed E-state index contributed by atoms with van der Waals surface area (Å²) in [7, 11) is 0. The topological polar surface area (TPSA) is 45.5 Å². The van der Waals surface area contributed by atoms with Gasteiger partial charge in [-0.1, -0.05) is 0 Å². The smallest absolute Gasteiger partial charge is 0.290 e. The molecule has 1 N–H and O–H groups in total. The van der Waals surface area contributed by atoms with E-state index in [1.165, 1.54) is 6.26 Å². The minimum Gasteiger partial charge on any atom is -0.458 e. The molecular weight excluding hydrogens is 260 g/mol. The largest absolute Gasteiger partial charge is 0.458 e. The molecule has 15 heavy (non-hydrogen) atoms. The number of furan rings is 1. The number of fused-ring (bicyclic) bond motifs is 1. The molecule has 2 aliphatic rings. The molecule has 0 aliphatic carbocycles. The highest BCUT2D eigenvalue weighted by Gasteiger charge is 2.41. The van der Waals surface area contributed by atoms with E-state index < -0.39 is 0 Å². The molecule has 1 aromatic rings. The second kappa shape index (κ2) is 3.35. The van der Waals surface area contributed by atoms with E-state index in [0.717, 1.165) is 24.1 Å². The molecule has 2 aliphatic heterocycles. The Hall–Kier alpha value is -0.810. The first-order chi connectivity index (χ1) is 7.25. The molecule has 4 nitrogen and oxygen atoms in total. The van der Waals surface area contributed by atoms with Gasteiger partial charge in [0.1, 0.15) is 0 Å². The molecule has 0 saturated carbocycles. The summed E-state index contributed by atoms with van der Waals surface area (Å²) in [6.45, 7) is 2.69. The Balaban J connectivity index is 1.78. The van der Waals surface area contributed by atoms with Gasteiger partial charge in [-0.15, -0.1) is 0 Å². The van der Waals surface area contributed by atoms with E-state index in [1.807, 2.05) is 4.90 Å². The van der Waals surface area contributed by atoms with E-state index >= 15 is 0 Å². The maximum atomic E-state index is 12.0. The van der Waals surface area contributed by atoms with Crippen molar-refractivity contribution < 1.29 is 9.21 Å². The van der Waals surface area contributed by atoms with Gasteiger partial charge in [0, 0.05) is 31.6 Å². The van der Waals surface area contributed by atoms with Crippen LogP contribution in [-0.2, 0) is 0 Å². The zero-order chi connectivity index (χ0) is 10.4. The molecule has 0 bridgehead atoms. The first kappa shape index (κ1) is 9.42. The van der Waals surface area contributed by atoms with Gasteiger partial charge in [-0.25, -0.2) is 0 Å². The van der Waals surface area contributed by atoms with Crippen molar-refractivity contribution in [2.45, 2.75) is 6.04 Å². The predicted molar refractivity (Wildman–Crippen MR) is 57.6 cm³/mol. The summed E-state index contributed by atoms with van der Waals surface area (Å²) < 4.78 is 5.91. The van der Waals surface area contributed by atoms with Crippen LogP contribution in [-0.4, -0.2) is 36.5 Å². The molecule has 0 spiro atoms. The number of amides is 1. The highest BCUT2D eigenvalue weighted by Crippen LogP contribution is 2.27. The molecule has 0 aromatic carbocycles. The number of carbonyl (C=O) groups is 1. The molecule has 3 heterocycles. The average Bonchev–Trinajstić information content (AvgIpc) is 2.72. The van der Waals surface area contributed by atoms with Crippen LogP contribution < -0.4 is 5.32 Å². The number of nitrogens with one attached hydrogen (secondary N) is 1. The van der Waals surface area contributed by atoms with Gasteiger partial charge < -0.3 is 14.6 Å². The summed E-state index contributed by atoms with van der Waals surface area (Å²) >= 11 is 3.30. The lowest BCUT2D eigenvalue weighted by molar-refractivity contribution is 0.0756. The van der Waals surface area contributed by atoms with Gasteiger partial charge in [0.25, 0.3) is 5.91 Å². The first-order valence-corrected chi connectivity index (χ1v) is 5.80. The second-order valence-electron chi connectivity index (χ2n) is 4.08. The second-order valence-corrected chi connectivity index (χ2v) is 4.94. The van der Waals surface area contributed by atoms with Crippen molar-refractivity contribution in [1.29, 1.82) is 0 Å². The van der Waals surface area contributed by atoms with Crippen LogP contribution in [0, 0.1) is 5.92 Å². The van der Waals surface area contributed by atoms with Crippen LogP contribution >= 0.6 is 15.9 Å². The van der Waals surface area contributed by atoms with Gasteiger partial charge in [-0.05, 0) is 22.0 Å². The molecule has 2 saturated heterocycles. The van der Waals surface area contributed by atoms with Crippen LogP contribution in [0.25, 0.3) is 0 Å². The number of likely N-dealkylation sites (tertiary alicyclic amines) is 1. The third kappa shape index (κ3) is 1.41. The van der Waals surface area contributed by atoms with Crippen molar-refractivity contribution in [3.63, 3.8) is 0 Å². The van der Waals surface area contributed by atoms with Gasteiger partial charge in [0.2, 0.25) is 5.76 Å². The van der Waals surface area contributed by atoms with Gasteiger partial charge in [0.15, 0.2) is 0 Å². The van der Waals surface area contributed by atoms with E-state index in [9.17, 15) is 4.79 Å². The Labute approximate surface area is 95.7 Å². The zero-order valence-electron chi connectivity index (χ0n) is 8.07. The number of nitrogens with zero attached hydrogens (tertiary/aromatic N) is 1. The molecule has 2 unspecified atom stereocenters. The number of rotatable bonds is 1. The normalized spacial score (nSPS) is 28.7. The summed E-state index contributed by atoms with van der Waals surface area (Å²) in [4.78, 5) is 13.9. The van der Waals surface area contributed by atoms with Crippen LogP contribution in [0.3, 0.4) is 0 Å². The fourth-order valence-electron chi connectivity index (χ4n) is 2.21. The molecule has 3 rings (SSSR count). The summed E-state index contributed by atoms with van der Waals surface area (Å²) in [5.41, 5.74) is 0. The molecule has 2 fully saturated rings. The van der Waals surface area contributed by atoms with E-state index in [0.29, 0.717) is 17.7 Å². The fourth-order valence-corrected chi connectivity index (χ4v) is 2.58. The van der Waals surface area contributed by atoms with Crippen LogP contribution in [0.15, 0.2) is 21.2 Å². The molecule has 80 valence electrons. The summed E-state index contributed by atoms with van der Waals surface area (Å²) in [6, 6.07) is 2.25. The maximum absolute atomic E-state index is 12.0. The lowest BCUT2D eigenvalue weighted by Crippen LogP contribution is -2.51. The van der Waals surface area contributed by atoms with Crippen LogP contribution in [0.4, 0.5) is 0 Å². The molecule has 1 aromatic heterocycles. The molecule has 1 amide bonds. The summed E-state index contributed by atoms with van der Waals surface area (Å²) in [6.07, 6.45) is 1.53. The summed E-state index contributed by atoms with van der Waals surface area (Å²) in [5, 5.41) is 3.32. The molecular formula is C10H11BrN2O2. The van der Waals surface area contributed by atoms with Crippen LogP contribution in [0.1, 0.15) is 10.6 Å². The quantitative estimate of drug-likeness (QED) is 0.831. The minimum atomic E-state index is -0.0110. The fraction of sp³-hybridized carbons (Fsp3) is 0.500. The monoisotopic (exact) mass is 270 g/mol. The van der Waals surface area contributed by atoms with E-state index in [1.54, 1.807) is 6.07 Å². The lowest BCUT2D eigenvalue weighted by Gasteiger charge is -2.29. The van der Waals surface area contributed by atoms with Crippen molar-refractivity contribution in [1.82, 2.24) is 10.2 Å². The van der Waals surface area contributed by atoms with Crippen LogP contribution in [0.5, 0.6) is 0 Å². The Morgan fingerprint density at radius 2 is 2.47 bits per heavy atom. The van der Waals surface area contributed by atoms with Gasteiger partial charge in [-0.2, -0.15) is 0 Å². The van der Waals surface area contributed by atoms with Gasteiger partial charge in [-0.3, -0.25) is 4.79 Å². The Kier molecular flexibility index (Phi) is 2.10. The van der Waals surface area contributed by atoms with Crippen molar-refractivity contribution in [3.05, 3.63) is 22.6 Å². The van der Waals surface area contributed by atoms with Gasteiger partial charge >= 0.3 is 0 Å². The molecule has 0 radical (unpaired) electrons. The lowest BCUT2D eigenvalue weighted by atomic mass is 9.96. The van der Waals surface area contributed by atoms with Crippen molar-refractivity contribution in [2.75, 3.05) is 19.6 Å². The standard InChI is InChI=1S/C10H11BrN2O2/c11-7-1-2-15-9(7)10(14)13-4-6-3-12-8(6)5-13/h1-2,6,8,12H,3-5H2. The van der Waals surface area contributed by atoms with Crippen molar-refractivity contribution >= 4 is 21.8 Å². The number of hydrogen-bond acceptors (Lipinski definition) is 3.